The van der Waals surface area contributed by atoms with Gasteiger partial charge in [0.2, 0.25) is 0 Å². The quantitative estimate of drug-likeness (QED) is 0.760. The van der Waals surface area contributed by atoms with Crippen molar-refractivity contribution < 1.29 is 24.5 Å². The number of hydrogen-bond acceptors (Lipinski definition) is 4. The Kier molecular flexibility index (Phi) is 4.69. The highest BCUT2D eigenvalue weighted by molar-refractivity contribution is 9.10. The molecule has 1 fully saturated rings. The number of carbonyl (C=O) groups is 2. The van der Waals surface area contributed by atoms with Crippen molar-refractivity contribution in [2.45, 2.75) is 18.6 Å². The number of β-amino-alcohol motifs (C(OH)–C–C–N with tert-alkyl or cyclic N) is 1. The number of benzene rings is 1. The van der Waals surface area contributed by atoms with E-state index in [1.165, 1.54) is 7.11 Å². The summed E-state index contributed by atoms with van der Waals surface area (Å²) in [7, 11) is 1.50. The maximum absolute atomic E-state index is 12.1. The maximum Gasteiger partial charge on any atom is 0.326 e. The van der Waals surface area contributed by atoms with Crippen molar-refractivity contribution in [1.29, 1.82) is 0 Å². The second-order valence-electron chi connectivity index (χ2n) is 4.68. The summed E-state index contributed by atoms with van der Waals surface area (Å²) in [6, 6.07) is 3.40. The smallest absolute Gasteiger partial charge is 0.326 e. The number of hydrogen-bond donors (Lipinski definition) is 3. The summed E-state index contributed by atoms with van der Waals surface area (Å²) in [6.07, 6.45) is -0.789. The molecule has 0 aliphatic carbocycles. The molecule has 1 aliphatic heterocycles. The fourth-order valence-corrected chi connectivity index (χ4v) is 2.61. The first kappa shape index (κ1) is 15.6. The number of likely N-dealkylation sites (tertiary alicyclic amines) is 1. The van der Waals surface area contributed by atoms with Crippen LogP contribution in [0.15, 0.2) is 22.7 Å². The van der Waals surface area contributed by atoms with Crippen LogP contribution in [-0.4, -0.2) is 52.9 Å². The van der Waals surface area contributed by atoms with Gasteiger partial charge < -0.3 is 25.2 Å². The number of halogens is 1. The molecular weight excluding hydrogens is 344 g/mol. The summed E-state index contributed by atoms with van der Waals surface area (Å²) >= 11 is 3.30. The first-order valence-corrected chi connectivity index (χ1v) is 7.03. The van der Waals surface area contributed by atoms with Gasteiger partial charge in [0, 0.05) is 24.7 Å². The average Bonchev–Trinajstić information content (AvgIpc) is 2.83. The summed E-state index contributed by atoms with van der Waals surface area (Å²) in [5.41, 5.74) is 0.477. The number of ether oxygens (including phenoxy) is 1. The number of methoxy groups -OCH3 is 1. The van der Waals surface area contributed by atoms with Crippen molar-refractivity contribution in [3.63, 3.8) is 0 Å². The van der Waals surface area contributed by atoms with Crippen LogP contribution in [0, 0.1) is 0 Å². The Labute approximate surface area is 129 Å². The van der Waals surface area contributed by atoms with Crippen molar-refractivity contribution in [3.05, 3.63) is 22.7 Å². The van der Waals surface area contributed by atoms with Crippen LogP contribution in [0.1, 0.15) is 6.42 Å². The van der Waals surface area contributed by atoms with Crippen LogP contribution in [-0.2, 0) is 4.79 Å². The molecule has 0 spiro atoms. The van der Waals surface area contributed by atoms with E-state index in [2.05, 4.69) is 21.2 Å². The molecular formula is C13H15BrN2O5. The fraction of sp³-hybridized carbons (Fsp3) is 0.385. The van der Waals surface area contributed by atoms with Crippen LogP contribution in [0.5, 0.6) is 5.75 Å². The number of rotatable bonds is 3. The van der Waals surface area contributed by atoms with E-state index >= 15 is 0 Å². The number of nitrogens with one attached hydrogen (secondary N) is 1. The molecule has 1 heterocycles. The van der Waals surface area contributed by atoms with Gasteiger partial charge in [0.15, 0.2) is 0 Å². The highest BCUT2D eigenvalue weighted by atomic mass is 79.9. The lowest BCUT2D eigenvalue weighted by Gasteiger charge is -2.21. The second-order valence-corrected chi connectivity index (χ2v) is 5.53. The number of carboxylic acid groups (broad SMARTS) is 1. The molecule has 0 radical (unpaired) electrons. The van der Waals surface area contributed by atoms with Crippen molar-refractivity contribution in [1.82, 2.24) is 4.90 Å². The Balaban J connectivity index is 2.12. The minimum absolute atomic E-state index is 0.00351. The summed E-state index contributed by atoms with van der Waals surface area (Å²) in [5, 5.41) is 21.2. The van der Waals surface area contributed by atoms with Gasteiger partial charge in [0.05, 0.1) is 17.7 Å². The Morgan fingerprint density at radius 3 is 2.81 bits per heavy atom. The zero-order chi connectivity index (χ0) is 15.6. The molecule has 1 saturated heterocycles. The third kappa shape index (κ3) is 3.45. The van der Waals surface area contributed by atoms with Gasteiger partial charge in [-0.05, 0) is 28.1 Å². The molecule has 1 aromatic rings. The minimum atomic E-state index is -1.13. The molecule has 3 N–H and O–H groups in total. The number of amides is 2. The third-order valence-electron chi connectivity index (χ3n) is 3.23. The molecule has 0 aromatic heterocycles. The normalized spacial score (nSPS) is 21.2. The second kappa shape index (κ2) is 6.31. The molecule has 2 atom stereocenters. The zero-order valence-electron chi connectivity index (χ0n) is 11.2. The molecule has 21 heavy (non-hydrogen) atoms. The topological polar surface area (TPSA) is 99.1 Å². The summed E-state index contributed by atoms with van der Waals surface area (Å²) < 4.78 is 5.86. The molecule has 0 bridgehead atoms. The van der Waals surface area contributed by atoms with Crippen LogP contribution < -0.4 is 10.1 Å². The summed E-state index contributed by atoms with van der Waals surface area (Å²) in [5.74, 6) is -0.584. The van der Waals surface area contributed by atoms with Gasteiger partial charge in [-0.3, -0.25) is 0 Å². The number of urea groups is 1. The van der Waals surface area contributed by atoms with Gasteiger partial charge in [0.1, 0.15) is 11.8 Å². The van der Waals surface area contributed by atoms with E-state index < -0.39 is 24.1 Å². The van der Waals surface area contributed by atoms with E-state index in [1.54, 1.807) is 18.2 Å². The van der Waals surface area contributed by atoms with E-state index in [0.29, 0.717) is 11.4 Å². The van der Waals surface area contributed by atoms with Gasteiger partial charge in [0.25, 0.3) is 0 Å². The lowest BCUT2D eigenvalue weighted by Crippen LogP contribution is -2.43. The molecule has 0 saturated carbocycles. The minimum Gasteiger partial charge on any atom is -0.495 e. The monoisotopic (exact) mass is 358 g/mol. The van der Waals surface area contributed by atoms with Crippen molar-refractivity contribution in [3.8, 4) is 5.75 Å². The number of aliphatic carboxylic acids is 1. The van der Waals surface area contributed by atoms with E-state index in [1.807, 2.05) is 0 Å². The lowest BCUT2D eigenvalue weighted by molar-refractivity contribution is -0.141. The largest absolute Gasteiger partial charge is 0.495 e. The highest BCUT2D eigenvalue weighted by Gasteiger charge is 2.39. The van der Waals surface area contributed by atoms with E-state index in [0.717, 1.165) is 9.37 Å². The van der Waals surface area contributed by atoms with Gasteiger partial charge in [-0.2, -0.15) is 0 Å². The number of aliphatic hydroxyl groups is 1. The standard InChI is InChI=1S/C13H15BrN2O5/c1-21-11-4-7(2-3-9(11)14)15-13(20)16-6-8(17)5-10(16)12(18)19/h2-4,8,10,17H,5-6H2,1H3,(H,15,20)(H,18,19)/t8?,10-/m0/s1. The Morgan fingerprint density at radius 1 is 1.48 bits per heavy atom. The number of aliphatic hydroxyl groups excluding tert-OH is 1. The third-order valence-corrected chi connectivity index (χ3v) is 3.88. The summed E-state index contributed by atoms with van der Waals surface area (Å²) in [4.78, 5) is 24.4. The van der Waals surface area contributed by atoms with Crippen LogP contribution in [0.3, 0.4) is 0 Å². The first-order valence-electron chi connectivity index (χ1n) is 6.24. The fourth-order valence-electron chi connectivity index (χ4n) is 2.21. The van der Waals surface area contributed by atoms with Crippen LogP contribution in [0.2, 0.25) is 0 Å². The molecule has 1 aliphatic rings. The maximum atomic E-state index is 12.1. The molecule has 1 unspecified atom stereocenters. The van der Waals surface area contributed by atoms with Gasteiger partial charge in [-0.15, -0.1) is 0 Å². The zero-order valence-corrected chi connectivity index (χ0v) is 12.8. The predicted molar refractivity (Wildman–Crippen MR) is 78.5 cm³/mol. The van der Waals surface area contributed by atoms with Crippen molar-refractivity contribution in [2.24, 2.45) is 0 Å². The van der Waals surface area contributed by atoms with E-state index in [-0.39, 0.29) is 13.0 Å². The van der Waals surface area contributed by atoms with Gasteiger partial charge in [-0.1, -0.05) is 0 Å². The Hall–Kier alpha value is -1.80. The molecule has 8 heteroatoms. The molecule has 1 aromatic carbocycles. The van der Waals surface area contributed by atoms with Crippen molar-refractivity contribution >= 4 is 33.6 Å². The van der Waals surface area contributed by atoms with E-state index in [9.17, 15) is 14.7 Å². The van der Waals surface area contributed by atoms with Gasteiger partial charge >= 0.3 is 12.0 Å². The number of carboxylic acids is 1. The van der Waals surface area contributed by atoms with E-state index in [4.69, 9.17) is 9.84 Å². The Bertz CT molecular complexity index is 565. The summed E-state index contributed by atoms with van der Waals surface area (Å²) in [6.45, 7) is -0.00351. The number of carbonyl (C=O) groups excluding carboxylic acids is 1. The SMILES string of the molecule is COc1cc(NC(=O)N2CC(O)C[C@H]2C(=O)O)ccc1Br. The molecule has 2 amide bonds. The first-order chi connectivity index (χ1) is 9.92. The predicted octanol–water partition coefficient (Wildman–Crippen LogP) is 1.51. The average molecular weight is 359 g/mol. The lowest BCUT2D eigenvalue weighted by atomic mass is 10.2. The molecule has 2 rings (SSSR count). The number of nitrogens with zero attached hydrogens (tertiary/aromatic N) is 1. The highest BCUT2D eigenvalue weighted by Crippen LogP contribution is 2.28. The Morgan fingerprint density at radius 2 is 2.19 bits per heavy atom. The van der Waals surface area contributed by atoms with Crippen molar-refractivity contribution in [2.75, 3.05) is 19.0 Å². The van der Waals surface area contributed by atoms with Crippen LogP contribution >= 0.6 is 15.9 Å². The van der Waals surface area contributed by atoms with Gasteiger partial charge in [-0.25, -0.2) is 9.59 Å². The van der Waals surface area contributed by atoms with Crippen LogP contribution in [0.4, 0.5) is 10.5 Å². The number of anilines is 1. The van der Waals surface area contributed by atoms with Crippen LogP contribution in [0.25, 0.3) is 0 Å². The molecule has 7 nitrogen and oxygen atoms in total. The molecule has 114 valence electrons.